The number of carbonyl (C=O) groups excluding carboxylic acids is 1. The molecule has 0 aliphatic rings. The Labute approximate surface area is 148 Å². The number of benzene rings is 2. The highest BCUT2D eigenvalue weighted by atomic mass is 16.5. The number of carbonyl (C=O) groups is 1. The van der Waals surface area contributed by atoms with Gasteiger partial charge in [0.1, 0.15) is 18.0 Å². The highest BCUT2D eigenvalue weighted by molar-refractivity contribution is 6.01. The number of ketones is 1. The molecule has 0 aliphatic heterocycles. The Morgan fingerprint density at radius 1 is 1.08 bits per heavy atom. The minimum absolute atomic E-state index is 0.315. The van der Waals surface area contributed by atoms with Crippen LogP contribution < -0.4 is 4.74 Å². The highest BCUT2D eigenvalue weighted by Crippen LogP contribution is 2.17. The normalized spacial score (nSPS) is 11.2. The third kappa shape index (κ3) is 5.85. The van der Waals surface area contributed by atoms with Crippen LogP contribution in [0.2, 0.25) is 0 Å². The highest BCUT2D eigenvalue weighted by Gasteiger charge is 2.24. The summed E-state index contributed by atoms with van der Waals surface area (Å²) in [6, 6.07) is 14.7. The van der Waals surface area contributed by atoms with Gasteiger partial charge >= 0.3 is 0 Å². The zero-order chi connectivity index (χ0) is 18.3. The molecule has 0 saturated heterocycles. The van der Waals surface area contributed by atoms with Crippen LogP contribution in [0, 0.1) is 0 Å². The van der Waals surface area contributed by atoms with Gasteiger partial charge < -0.3 is 14.6 Å². The standard InChI is InChI=1S/C21H24O4/c1-4-16-5-7-17(8-6-16)15-24-13-14-25-19-11-9-18(10-12-19)20(22)21(2,3)23/h4-12,23H,1,13-15H2,2-3H3. The average molecular weight is 340 g/mol. The molecule has 2 rings (SSSR count). The van der Waals surface area contributed by atoms with E-state index >= 15 is 0 Å². The van der Waals surface area contributed by atoms with Gasteiger partial charge in [0.25, 0.3) is 0 Å². The molecule has 0 radical (unpaired) electrons. The molecule has 0 fully saturated rings. The van der Waals surface area contributed by atoms with Gasteiger partial charge in [-0.05, 0) is 49.2 Å². The van der Waals surface area contributed by atoms with Crippen LogP contribution in [0.25, 0.3) is 6.08 Å². The predicted molar refractivity (Wildman–Crippen MR) is 98.8 cm³/mol. The van der Waals surface area contributed by atoms with Gasteiger partial charge in [0.05, 0.1) is 13.2 Å². The summed E-state index contributed by atoms with van der Waals surface area (Å²) in [6.45, 7) is 8.09. The first-order chi connectivity index (χ1) is 11.9. The first kappa shape index (κ1) is 18.9. The summed E-state index contributed by atoms with van der Waals surface area (Å²) in [4.78, 5) is 11.9. The van der Waals surface area contributed by atoms with E-state index in [1.165, 1.54) is 13.8 Å². The average Bonchev–Trinajstić information content (AvgIpc) is 2.61. The minimum Gasteiger partial charge on any atom is -0.491 e. The summed E-state index contributed by atoms with van der Waals surface area (Å²) in [7, 11) is 0. The molecular weight excluding hydrogens is 316 g/mol. The van der Waals surface area contributed by atoms with Crippen molar-refractivity contribution in [3.05, 3.63) is 71.8 Å². The predicted octanol–water partition coefficient (Wildman–Crippen LogP) is 3.88. The maximum atomic E-state index is 11.9. The monoisotopic (exact) mass is 340 g/mol. The quantitative estimate of drug-likeness (QED) is 0.556. The van der Waals surface area contributed by atoms with Gasteiger partial charge in [-0.2, -0.15) is 0 Å². The lowest BCUT2D eigenvalue weighted by Gasteiger charge is -2.15. The van der Waals surface area contributed by atoms with Gasteiger partial charge in [-0.25, -0.2) is 0 Å². The van der Waals surface area contributed by atoms with Crippen molar-refractivity contribution in [2.45, 2.75) is 26.1 Å². The van der Waals surface area contributed by atoms with Crippen molar-refractivity contribution in [1.82, 2.24) is 0 Å². The molecule has 0 aliphatic carbocycles. The van der Waals surface area contributed by atoms with Crippen molar-refractivity contribution >= 4 is 11.9 Å². The molecule has 1 N–H and O–H groups in total. The number of ether oxygens (including phenoxy) is 2. The van der Waals surface area contributed by atoms with Crippen LogP contribution in [-0.4, -0.2) is 29.7 Å². The van der Waals surface area contributed by atoms with Crippen molar-refractivity contribution in [1.29, 1.82) is 0 Å². The summed E-state index contributed by atoms with van der Waals surface area (Å²) in [5.41, 5.74) is 1.26. The van der Waals surface area contributed by atoms with Gasteiger partial charge in [-0.1, -0.05) is 36.9 Å². The molecule has 25 heavy (non-hydrogen) atoms. The maximum Gasteiger partial charge on any atom is 0.193 e. The molecule has 0 spiro atoms. The molecule has 4 nitrogen and oxygen atoms in total. The molecule has 0 heterocycles. The second-order valence-corrected chi connectivity index (χ2v) is 6.26. The summed E-state index contributed by atoms with van der Waals surface area (Å²) in [5.74, 6) is 0.344. The van der Waals surface area contributed by atoms with Gasteiger partial charge in [-0.3, -0.25) is 4.79 Å². The summed E-state index contributed by atoms with van der Waals surface area (Å²) < 4.78 is 11.2. The van der Waals surface area contributed by atoms with Crippen LogP contribution in [0.3, 0.4) is 0 Å². The summed E-state index contributed by atoms with van der Waals surface area (Å²) in [5, 5.41) is 9.73. The second kappa shape index (κ2) is 8.60. The summed E-state index contributed by atoms with van der Waals surface area (Å²) >= 11 is 0. The number of Topliss-reactive ketones (excluding diaryl/α,β-unsaturated/α-hetero) is 1. The molecule has 2 aromatic rings. The van der Waals surface area contributed by atoms with E-state index in [0.717, 1.165) is 11.1 Å². The number of hydrogen-bond acceptors (Lipinski definition) is 4. The van der Waals surface area contributed by atoms with Gasteiger partial charge in [0, 0.05) is 5.56 Å². The van der Waals surface area contributed by atoms with Crippen molar-refractivity contribution in [2.75, 3.05) is 13.2 Å². The van der Waals surface area contributed by atoms with Crippen molar-refractivity contribution in [2.24, 2.45) is 0 Å². The van der Waals surface area contributed by atoms with Crippen molar-refractivity contribution in [3.63, 3.8) is 0 Å². The van der Waals surface area contributed by atoms with Gasteiger partial charge in [0.2, 0.25) is 0 Å². The van der Waals surface area contributed by atoms with E-state index in [1.807, 2.05) is 24.3 Å². The third-order valence-electron chi connectivity index (χ3n) is 3.65. The fraction of sp³-hybridized carbons (Fsp3) is 0.286. The van der Waals surface area contributed by atoms with Crippen LogP contribution in [0.5, 0.6) is 5.75 Å². The Bertz CT molecular complexity index is 694. The van der Waals surface area contributed by atoms with E-state index in [1.54, 1.807) is 30.3 Å². The number of hydrogen-bond donors (Lipinski definition) is 1. The minimum atomic E-state index is -1.37. The Balaban J connectivity index is 1.72. The van der Waals surface area contributed by atoms with E-state index in [4.69, 9.17) is 9.47 Å². The lowest BCUT2D eigenvalue weighted by Crippen LogP contribution is -2.30. The Morgan fingerprint density at radius 3 is 2.28 bits per heavy atom. The zero-order valence-corrected chi connectivity index (χ0v) is 14.7. The fourth-order valence-corrected chi connectivity index (χ4v) is 2.21. The Hall–Kier alpha value is -2.43. The zero-order valence-electron chi connectivity index (χ0n) is 14.7. The molecule has 0 atom stereocenters. The molecule has 2 aromatic carbocycles. The maximum absolute atomic E-state index is 11.9. The van der Waals surface area contributed by atoms with Crippen LogP contribution in [0.15, 0.2) is 55.1 Å². The van der Waals surface area contributed by atoms with E-state index in [2.05, 4.69) is 6.58 Å². The van der Waals surface area contributed by atoms with Crippen LogP contribution in [-0.2, 0) is 11.3 Å². The third-order valence-corrected chi connectivity index (χ3v) is 3.65. The first-order valence-corrected chi connectivity index (χ1v) is 8.19. The van der Waals surface area contributed by atoms with Crippen molar-refractivity contribution in [3.8, 4) is 5.75 Å². The Kier molecular flexibility index (Phi) is 6.51. The van der Waals surface area contributed by atoms with Crippen LogP contribution in [0.4, 0.5) is 0 Å². The molecule has 0 aromatic heterocycles. The molecule has 0 saturated carbocycles. The second-order valence-electron chi connectivity index (χ2n) is 6.26. The lowest BCUT2D eigenvalue weighted by molar-refractivity contribution is 0.0488. The van der Waals surface area contributed by atoms with Gasteiger partial charge in [-0.15, -0.1) is 0 Å². The molecule has 132 valence electrons. The molecule has 0 bridgehead atoms. The lowest BCUT2D eigenvalue weighted by atomic mass is 9.97. The molecule has 0 unspecified atom stereocenters. The van der Waals surface area contributed by atoms with E-state index in [0.29, 0.717) is 31.1 Å². The smallest absolute Gasteiger partial charge is 0.193 e. The molecular formula is C21H24O4. The molecule has 4 heteroatoms. The number of rotatable bonds is 9. The van der Waals surface area contributed by atoms with E-state index < -0.39 is 5.60 Å². The van der Waals surface area contributed by atoms with Crippen LogP contribution >= 0.6 is 0 Å². The van der Waals surface area contributed by atoms with E-state index in [-0.39, 0.29) is 5.78 Å². The van der Waals surface area contributed by atoms with Gasteiger partial charge in [0.15, 0.2) is 5.78 Å². The Morgan fingerprint density at radius 2 is 1.72 bits per heavy atom. The first-order valence-electron chi connectivity index (χ1n) is 8.19. The largest absolute Gasteiger partial charge is 0.491 e. The number of aliphatic hydroxyl groups is 1. The topological polar surface area (TPSA) is 55.8 Å². The van der Waals surface area contributed by atoms with Crippen molar-refractivity contribution < 1.29 is 19.4 Å². The van der Waals surface area contributed by atoms with E-state index in [9.17, 15) is 9.90 Å². The fourth-order valence-electron chi connectivity index (χ4n) is 2.21. The SMILES string of the molecule is C=Cc1ccc(COCCOc2ccc(C(=O)C(C)(C)O)cc2)cc1. The summed E-state index contributed by atoms with van der Waals surface area (Å²) in [6.07, 6.45) is 1.80. The van der Waals surface area contributed by atoms with Crippen LogP contribution in [0.1, 0.15) is 35.3 Å². The molecule has 0 amide bonds.